The van der Waals surface area contributed by atoms with Gasteiger partial charge in [0.1, 0.15) is 11.9 Å². The molecular formula is C17H25ClO5. The van der Waals surface area contributed by atoms with Gasteiger partial charge in [0, 0.05) is 31.3 Å². The van der Waals surface area contributed by atoms with Crippen LogP contribution >= 0.6 is 11.6 Å². The molecular weight excluding hydrogens is 320 g/mol. The highest BCUT2D eigenvalue weighted by molar-refractivity contribution is 6.18. The van der Waals surface area contributed by atoms with Gasteiger partial charge >= 0.3 is 0 Å². The minimum Gasteiger partial charge on any atom is -0.485 e. The normalized spacial score (nSPS) is 18.9. The van der Waals surface area contributed by atoms with E-state index in [0.717, 1.165) is 17.7 Å². The van der Waals surface area contributed by atoms with Crippen molar-refractivity contribution in [3.8, 4) is 17.2 Å². The van der Waals surface area contributed by atoms with Gasteiger partial charge in [0.15, 0.2) is 24.1 Å². The van der Waals surface area contributed by atoms with Crippen molar-refractivity contribution in [1.82, 2.24) is 0 Å². The fourth-order valence-electron chi connectivity index (χ4n) is 2.52. The van der Waals surface area contributed by atoms with Crippen LogP contribution in [0.2, 0.25) is 0 Å². The van der Waals surface area contributed by atoms with Crippen LogP contribution in [-0.4, -0.2) is 37.8 Å². The first-order valence-corrected chi connectivity index (χ1v) is 8.56. The van der Waals surface area contributed by atoms with E-state index in [1.54, 1.807) is 6.07 Å². The number of fused-ring (bicyclic) bond motifs is 1. The summed E-state index contributed by atoms with van der Waals surface area (Å²) in [5.41, 5.74) is 1.02. The van der Waals surface area contributed by atoms with E-state index in [9.17, 15) is 0 Å². The van der Waals surface area contributed by atoms with E-state index in [1.165, 1.54) is 0 Å². The molecule has 1 aromatic rings. The summed E-state index contributed by atoms with van der Waals surface area (Å²) < 4.78 is 28.4. The van der Waals surface area contributed by atoms with Gasteiger partial charge in [-0.05, 0) is 33.8 Å². The SMILES string of the molecule is CCOC(C)Oc1cc2c(c(OC(C)OCC)c1)OC(CCl)C2. The number of rotatable bonds is 9. The maximum Gasteiger partial charge on any atom is 0.197 e. The second-order valence-electron chi connectivity index (χ2n) is 5.29. The van der Waals surface area contributed by atoms with Crippen molar-refractivity contribution in [2.45, 2.75) is 52.8 Å². The highest BCUT2D eigenvalue weighted by atomic mass is 35.5. The van der Waals surface area contributed by atoms with Gasteiger partial charge < -0.3 is 23.7 Å². The van der Waals surface area contributed by atoms with E-state index < -0.39 is 0 Å². The number of hydrogen-bond acceptors (Lipinski definition) is 5. The van der Waals surface area contributed by atoms with Crippen molar-refractivity contribution in [2.75, 3.05) is 19.1 Å². The summed E-state index contributed by atoms with van der Waals surface area (Å²) in [4.78, 5) is 0. The van der Waals surface area contributed by atoms with E-state index in [2.05, 4.69) is 0 Å². The van der Waals surface area contributed by atoms with Gasteiger partial charge in [-0.2, -0.15) is 0 Å². The fourth-order valence-corrected chi connectivity index (χ4v) is 2.69. The molecule has 0 amide bonds. The lowest BCUT2D eigenvalue weighted by Crippen LogP contribution is -2.18. The van der Waals surface area contributed by atoms with Crippen molar-refractivity contribution in [3.63, 3.8) is 0 Å². The van der Waals surface area contributed by atoms with Crippen molar-refractivity contribution in [3.05, 3.63) is 17.7 Å². The van der Waals surface area contributed by atoms with Crippen LogP contribution in [0.25, 0.3) is 0 Å². The standard InChI is InChI=1S/C17H25ClO5/c1-5-19-11(3)21-14-7-13-8-15(10-18)23-17(13)16(9-14)22-12(4)20-6-2/h7,9,11-12,15H,5-6,8,10H2,1-4H3. The first-order valence-electron chi connectivity index (χ1n) is 8.03. The topological polar surface area (TPSA) is 46.2 Å². The highest BCUT2D eigenvalue weighted by Gasteiger charge is 2.28. The van der Waals surface area contributed by atoms with Crippen LogP contribution in [0.1, 0.15) is 33.3 Å². The third-order valence-electron chi connectivity index (χ3n) is 3.41. The predicted octanol–water partition coefficient (Wildman–Crippen LogP) is 3.75. The molecule has 3 unspecified atom stereocenters. The number of halogens is 1. The Bertz CT molecular complexity index is 508. The van der Waals surface area contributed by atoms with Crippen LogP contribution in [0, 0.1) is 0 Å². The molecule has 23 heavy (non-hydrogen) atoms. The van der Waals surface area contributed by atoms with E-state index in [1.807, 2.05) is 33.8 Å². The van der Waals surface area contributed by atoms with Gasteiger partial charge in [0.25, 0.3) is 0 Å². The molecule has 130 valence electrons. The van der Waals surface area contributed by atoms with Gasteiger partial charge in [-0.1, -0.05) is 0 Å². The van der Waals surface area contributed by atoms with Crippen molar-refractivity contribution < 1.29 is 23.7 Å². The zero-order chi connectivity index (χ0) is 16.8. The lowest BCUT2D eigenvalue weighted by Gasteiger charge is -2.19. The number of ether oxygens (including phenoxy) is 5. The van der Waals surface area contributed by atoms with E-state index >= 15 is 0 Å². The average molecular weight is 345 g/mol. The van der Waals surface area contributed by atoms with Crippen LogP contribution in [0.4, 0.5) is 0 Å². The molecule has 2 rings (SSSR count). The van der Waals surface area contributed by atoms with Crippen molar-refractivity contribution >= 4 is 11.6 Å². The first-order chi connectivity index (χ1) is 11.1. The third-order valence-corrected chi connectivity index (χ3v) is 3.75. The number of benzene rings is 1. The minimum absolute atomic E-state index is 0.0454. The lowest BCUT2D eigenvalue weighted by molar-refractivity contribution is -0.0657. The van der Waals surface area contributed by atoms with Crippen LogP contribution in [0.5, 0.6) is 17.2 Å². The van der Waals surface area contributed by atoms with E-state index in [0.29, 0.717) is 30.6 Å². The molecule has 0 bridgehead atoms. The molecule has 0 radical (unpaired) electrons. The van der Waals surface area contributed by atoms with E-state index in [4.69, 9.17) is 35.3 Å². The molecule has 0 saturated carbocycles. The van der Waals surface area contributed by atoms with E-state index in [-0.39, 0.29) is 18.7 Å². The Morgan fingerprint density at radius 2 is 1.78 bits per heavy atom. The van der Waals surface area contributed by atoms with Gasteiger partial charge in [-0.3, -0.25) is 0 Å². The molecule has 0 saturated heterocycles. The smallest absolute Gasteiger partial charge is 0.197 e. The molecule has 1 aliphatic heterocycles. The zero-order valence-corrected chi connectivity index (χ0v) is 14.9. The Hall–Kier alpha value is -1.17. The molecule has 1 heterocycles. The Morgan fingerprint density at radius 1 is 1.13 bits per heavy atom. The maximum atomic E-state index is 5.93. The van der Waals surface area contributed by atoms with Gasteiger partial charge in [0.05, 0.1) is 5.88 Å². The predicted molar refractivity (Wildman–Crippen MR) is 88.7 cm³/mol. The summed E-state index contributed by atoms with van der Waals surface area (Å²) in [5.74, 6) is 2.44. The zero-order valence-electron chi connectivity index (χ0n) is 14.1. The minimum atomic E-state index is -0.373. The third kappa shape index (κ3) is 4.90. The molecule has 0 N–H and O–H groups in total. The maximum absolute atomic E-state index is 5.93. The molecule has 3 atom stereocenters. The number of hydrogen-bond donors (Lipinski definition) is 0. The van der Waals surface area contributed by atoms with Crippen LogP contribution in [-0.2, 0) is 15.9 Å². The fraction of sp³-hybridized carbons (Fsp3) is 0.647. The molecule has 1 aromatic carbocycles. The Morgan fingerprint density at radius 3 is 2.39 bits per heavy atom. The van der Waals surface area contributed by atoms with Crippen molar-refractivity contribution in [1.29, 1.82) is 0 Å². The van der Waals surface area contributed by atoms with Crippen LogP contribution in [0.3, 0.4) is 0 Å². The molecule has 0 fully saturated rings. The molecule has 6 heteroatoms. The Labute approximate surface area is 142 Å². The second kappa shape index (κ2) is 8.62. The largest absolute Gasteiger partial charge is 0.485 e. The van der Waals surface area contributed by atoms with Crippen LogP contribution in [0.15, 0.2) is 12.1 Å². The summed E-state index contributed by atoms with van der Waals surface area (Å²) in [7, 11) is 0. The summed E-state index contributed by atoms with van der Waals surface area (Å²) in [5, 5.41) is 0. The Balaban J connectivity index is 2.22. The van der Waals surface area contributed by atoms with Gasteiger partial charge in [-0.25, -0.2) is 0 Å². The molecule has 5 nitrogen and oxygen atoms in total. The van der Waals surface area contributed by atoms with Gasteiger partial charge in [0.2, 0.25) is 0 Å². The highest BCUT2D eigenvalue weighted by Crippen LogP contribution is 2.42. The quantitative estimate of drug-likeness (QED) is 0.504. The summed E-state index contributed by atoms with van der Waals surface area (Å²) in [6.45, 7) is 8.73. The molecule has 0 spiro atoms. The molecule has 1 aliphatic rings. The molecule has 0 aliphatic carbocycles. The van der Waals surface area contributed by atoms with Gasteiger partial charge in [-0.15, -0.1) is 11.6 Å². The summed E-state index contributed by atoms with van der Waals surface area (Å²) >= 11 is 5.93. The molecule has 0 aromatic heterocycles. The second-order valence-corrected chi connectivity index (χ2v) is 5.60. The first kappa shape index (κ1) is 18.2. The van der Waals surface area contributed by atoms with Crippen LogP contribution < -0.4 is 14.2 Å². The monoisotopic (exact) mass is 344 g/mol. The lowest BCUT2D eigenvalue weighted by atomic mass is 10.1. The Kier molecular flexibility index (Phi) is 6.81. The average Bonchev–Trinajstić information content (AvgIpc) is 2.91. The van der Waals surface area contributed by atoms with Crippen molar-refractivity contribution in [2.24, 2.45) is 0 Å². The summed E-state index contributed by atoms with van der Waals surface area (Å²) in [6.07, 6.45) is -0.0158. The number of alkyl halides is 1. The summed E-state index contributed by atoms with van der Waals surface area (Å²) in [6, 6.07) is 3.76.